The monoisotopic (exact) mass is 211 g/mol. The van der Waals surface area contributed by atoms with Gasteiger partial charge in [0.05, 0.1) is 19.8 Å². The Bertz CT molecular complexity index is 270. The Labute approximate surface area is 89.8 Å². The molecule has 0 bridgehead atoms. The van der Waals surface area contributed by atoms with Crippen molar-refractivity contribution >= 4 is 0 Å². The van der Waals surface area contributed by atoms with E-state index in [1.54, 1.807) is 14.2 Å². The van der Waals surface area contributed by atoms with Crippen molar-refractivity contribution in [3.8, 4) is 11.5 Å². The zero-order valence-corrected chi connectivity index (χ0v) is 9.06. The van der Waals surface area contributed by atoms with Gasteiger partial charge in [-0.15, -0.1) is 0 Å². The van der Waals surface area contributed by atoms with Crippen LogP contribution in [-0.2, 0) is 0 Å². The molecule has 0 spiro atoms. The van der Waals surface area contributed by atoms with Crippen molar-refractivity contribution in [1.29, 1.82) is 0 Å². The molecule has 0 aliphatic carbocycles. The average molecular weight is 211 g/mol. The molecule has 4 nitrogen and oxygen atoms in total. The summed E-state index contributed by atoms with van der Waals surface area (Å²) in [5.74, 6) is 1.57. The molecule has 1 aromatic carbocycles. The summed E-state index contributed by atoms with van der Waals surface area (Å²) in [6.45, 7) is 0.506. The SMILES string of the molecule is CNC(CO)COc1ccc(OC)cc1. The number of ether oxygens (including phenoxy) is 2. The summed E-state index contributed by atoms with van der Waals surface area (Å²) in [4.78, 5) is 0. The van der Waals surface area contributed by atoms with Gasteiger partial charge in [0.15, 0.2) is 0 Å². The van der Waals surface area contributed by atoms with Crippen LogP contribution in [0.2, 0.25) is 0 Å². The topological polar surface area (TPSA) is 50.7 Å². The lowest BCUT2D eigenvalue weighted by atomic mass is 10.3. The number of rotatable bonds is 6. The highest BCUT2D eigenvalue weighted by atomic mass is 16.5. The van der Waals surface area contributed by atoms with Gasteiger partial charge in [0.2, 0.25) is 0 Å². The lowest BCUT2D eigenvalue weighted by Crippen LogP contribution is -2.34. The van der Waals surface area contributed by atoms with Gasteiger partial charge in [-0.1, -0.05) is 0 Å². The van der Waals surface area contributed by atoms with Crippen molar-refractivity contribution in [3.05, 3.63) is 24.3 Å². The molecule has 84 valence electrons. The Hall–Kier alpha value is -1.26. The first-order valence-electron chi connectivity index (χ1n) is 4.85. The van der Waals surface area contributed by atoms with Crippen molar-refractivity contribution in [1.82, 2.24) is 5.32 Å². The summed E-state index contributed by atoms with van der Waals surface area (Å²) >= 11 is 0. The van der Waals surface area contributed by atoms with Gasteiger partial charge in [0.1, 0.15) is 18.1 Å². The Kier molecular flexibility index (Phi) is 4.93. The van der Waals surface area contributed by atoms with Gasteiger partial charge in [-0.2, -0.15) is 0 Å². The normalized spacial score (nSPS) is 12.2. The molecule has 1 unspecified atom stereocenters. The van der Waals surface area contributed by atoms with Crippen LogP contribution in [0.15, 0.2) is 24.3 Å². The first kappa shape index (κ1) is 11.8. The van der Waals surface area contributed by atoms with Gasteiger partial charge in [-0.3, -0.25) is 0 Å². The predicted molar refractivity (Wildman–Crippen MR) is 58.4 cm³/mol. The third-order valence-electron chi connectivity index (χ3n) is 2.14. The van der Waals surface area contributed by atoms with E-state index >= 15 is 0 Å². The van der Waals surface area contributed by atoms with Crippen molar-refractivity contribution in [2.45, 2.75) is 6.04 Å². The van der Waals surface area contributed by atoms with Gasteiger partial charge in [-0.05, 0) is 31.3 Å². The molecule has 1 rings (SSSR count). The Balaban J connectivity index is 2.43. The molecule has 1 atom stereocenters. The summed E-state index contributed by atoms with van der Waals surface area (Å²) in [6, 6.07) is 7.31. The first-order valence-corrected chi connectivity index (χ1v) is 4.85. The van der Waals surface area contributed by atoms with Crippen LogP contribution in [0.25, 0.3) is 0 Å². The Morgan fingerprint density at radius 1 is 1.27 bits per heavy atom. The number of hydrogen-bond donors (Lipinski definition) is 2. The van der Waals surface area contributed by atoms with E-state index in [9.17, 15) is 0 Å². The summed E-state index contributed by atoms with van der Waals surface area (Å²) in [6.07, 6.45) is 0. The molecular weight excluding hydrogens is 194 g/mol. The zero-order chi connectivity index (χ0) is 11.1. The van der Waals surface area contributed by atoms with E-state index in [2.05, 4.69) is 5.32 Å². The highest BCUT2D eigenvalue weighted by Gasteiger charge is 2.04. The number of benzene rings is 1. The molecule has 0 fully saturated rings. The minimum atomic E-state index is -0.0351. The number of aliphatic hydroxyl groups excluding tert-OH is 1. The molecule has 0 saturated heterocycles. The molecule has 15 heavy (non-hydrogen) atoms. The van der Waals surface area contributed by atoms with E-state index in [0.717, 1.165) is 11.5 Å². The summed E-state index contributed by atoms with van der Waals surface area (Å²) in [7, 11) is 3.41. The van der Waals surface area contributed by atoms with Gasteiger partial charge < -0.3 is 19.9 Å². The standard InChI is InChI=1S/C11H17NO3/c1-12-9(7-13)8-15-11-5-3-10(14-2)4-6-11/h3-6,9,12-13H,7-8H2,1-2H3. The number of likely N-dealkylation sites (N-methyl/N-ethyl adjacent to an activating group) is 1. The summed E-state index contributed by atoms with van der Waals surface area (Å²) < 4.78 is 10.5. The molecule has 0 aliphatic heterocycles. The Morgan fingerprint density at radius 2 is 1.87 bits per heavy atom. The van der Waals surface area contributed by atoms with E-state index < -0.39 is 0 Å². The van der Waals surface area contributed by atoms with Crippen LogP contribution in [0.3, 0.4) is 0 Å². The van der Waals surface area contributed by atoms with E-state index in [1.165, 1.54) is 0 Å². The fourth-order valence-electron chi connectivity index (χ4n) is 1.10. The van der Waals surface area contributed by atoms with Crippen LogP contribution in [0.1, 0.15) is 0 Å². The number of methoxy groups -OCH3 is 1. The predicted octanol–water partition coefficient (Wildman–Crippen LogP) is 0.654. The van der Waals surface area contributed by atoms with Gasteiger partial charge >= 0.3 is 0 Å². The maximum Gasteiger partial charge on any atom is 0.119 e. The highest BCUT2D eigenvalue weighted by molar-refractivity contribution is 5.31. The molecule has 0 amide bonds. The van der Waals surface area contributed by atoms with Gasteiger partial charge in [0, 0.05) is 0 Å². The highest BCUT2D eigenvalue weighted by Crippen LogP contribution is 2.16. The van der Waals surface area contributed by atoms with Crippen LogP contribution in [0.4, 0.5) is 0 Å². The molecule has 2 N–H and O–H groups in total. The van der Waals surface area contributed by atoms with E-state index in [1.807, 2.05) is 24.3 Å². The molecule has 0 aliphatic rings. The molecule has 0 radical (unpaired) electrons. The maximum absolute atomic E-state index is 8.92. The van der Waals surface area contributed by atoms with Crippen molar-refractivity contribution in [3.63, 3.8) is 0 Å². The third-order valence-corrected chi connectivity index (χ3v) is 2.14. The lowest BCUT2D eigenvalue weighted by molar-refractivity contribution is 0.189. The fourth-order valence-corrected chi connectivity index (χ4v) is 1.10. The van der Waals surface area contributed by atoms with Crippen LogP contribution in [-0.4, -0.2) is 38.5 Å². The van der Waals surface area contributed by atoms with Crippen LogP contribution in [0, 0.1) is 0 Å². The quantitative estimate of drug-likeness (QED) is 0.725. The largest absolute Gasteiger partial charge is 0.497 e. The minimum absolute atomic E-state index is 0.0351. The molecular formula is C11H17NO3. The second-order valence-corrected chi connectivity index (χ2v) is 3.15. The van der Waals surface area contributed by atoms with E-state index in [0.29, 0.717) is 6.61 Å². The van der Waals surface area contributed by atoms with Crippen LogP contribution in [0.5, 0.6) is 11.5 Å². The van der Waals surface area contributed by atoms with E-state index in [4.69, 9.17) is 14.6 Å². The smallest absolute Gasteiger partial charge is 0.119 e. The average Bonchev–Trinajstić information content (AvgIpc) is 2.31. The molecule has 0 aromatic heterocycles. The molecule has 4 heteroatoms. The second-order valence-electron chi connectivity index (χ2n) is 3.15. The Morgan fingerprint density at radius 3 is 2.33 bits per heavy atom. The minimum Gasteiger partial charge on any atom is -0.497 e. The van der Waals surface area contributed by atoms with Crippen molar-refractivity contribution in [2.75, 3.05) is 27.4 Å². The zero-order valence-electron chi connectivity index (χ0n) is 9.06. The van der Waals surface area contributed by atoms with Crippen LogP contribution < -0.4 is 14.8 Å². The number of aliphatic hydroxyl groups is 1. The van der Waals surface area contributed by atoms with E-state index in [-0.39, 0.29) is 12.6 Å². The van der Waals surface area contributed by atoms with Gasteiger partial charge in [0.25, 0.3) is 0 Å². The third kappa shape index (κ3) is 3.77. The fraction of sp³-hybridized carbons (Fsp3) is 0.455. The summed E-state index contributed by atoms with van der Waals surface area (Å²) in [5, 5.41) is 11.9. The first-order chi connectivity index (χ1) is 7.30. The van der Waals surface area contributed by atoms with Gasteiger partial charge in [-0.25, -0.2) is 0 Å². The second kappa shape index (κ2) is 6.27. The molecule has 1 aromatic rings. The van der Waals surface area contributed by atoms with Crippen molar-refractivity contribution in [2.24, 2.45) is 0 Å². The molecule has 0 saturated carbocycles. The number of hydrogen-bond acceptors (Lipinski definition) is 4. The summed E-state index contributed by atoms with van der Waals surface area (Å²) in [5.41, 5.74) is 0. The number of nitrogens with one attached hydrogen (secondary N) is 1. The van der Waals surface area contributed by atoms with Crippen molar-refractivity contribution < 1.29 is 14.6 Å². The lowest BCUT2D eigenvalue weighted by Gasteiger charge is -2.14. The van der Waals surface area contributed by atoms with Crippen LogP contribution >= 0.6 is 0 Å². The maximum atomic E-state index is 8.92. The molecule has 0 heterocycles.